The first-order valence-corrected chi connectivity index (χ1v) is 18.2. The van der Waals surface area contributed by atoms with E-state index in [9.17, 15) is 0 Å². The van der Waals surface area contributed by atoms with Gasteiger partial charge in [-0.15, -0.1) is 0 Å². The third-order valence-corrected chi connectivity index (χ3v) is 11.2. The summed E-state index contributed by atoms with van der Waals surface area (Å²) in [5.41, 5.74) is 11.3. The predicted molar refractivity (Wildman–Crippen MR) is 216 cm³/mol. The van der Waals surface area contributed by atoms with Gasteiger partial charge >= 0.3 is 0 Å². The lowest BCUT2D eigenvalue weighted by atomic mass is 10.00. The molecule has 0 spiro atoms. The number of hydrogen-bond donors (Lipinski definition) is 0. The molecule has 0 fully saturated rings. The first kappa shape index (κ1) is 28.6. The summed E-state index contributed by atoms with van der Waals surface area (Å²) < 4.78 is 6.88. The van der Waals surface area contributed by atoms with Crippen molar-refractivity contribution in [1.82, 2.24) is 28.7 Å². The fourth-order valence-corrected chi connectivity index (χ4v) is 8.94. The number of aromatic nitrogens is 6. The zero-order valence-electron chi connectivity index (χ0n) is 28.6. The van der Waals surface area contributed by atoms with E-state index in [1.807, 2.05) is 0 Å². The Bertz CT molecular complexity index is 3110. The second kappa shape index (κ2) is 10.7. The molecule has 4 aromatic heterocycles. The highest BCUT2D eigenvalue weighted by Crippen LogP contribution is 2.39. The maximum Gasteiger partial charge on any atom is 0.240 e. The Morgan fingerprint density at radius 2 is 0.774 bits per heavy atom. The molecule has 0 saturated heterocycles. The minimum Gasteiger partial charge on any atom is -0.309 e. The summed E-state index contributed by atoms with van der Waals surface area (Å²) in [6.07, 6.45) is 1.76. The molecule has 2 bridgehead atoms. The predicted octanol–water partition coefficient (Wildman–Crippen LogP) is 10.9. The Morgan fingerprint density at radius 1 is 0.358 bits per heavy atom. The molecular weight excluding hydrogens is 649 g/mol. The number of hydrogen-bond acceptors (Lipinski definition) is 3. The van der Waals surface area contributed by atoms with Crippen LogP contribution < -0.4 is 0 Å². The molecule has 0 N–H and O–H groups in total. The summed E-state index contributed by atoms with van der Waals surface area (Å²) in [4.78, 5) is 16.2. The molecule has 1 aliphatic heterocycles. The molecule has 6 nitrogen and oxygen atoms in total. The minimum absolute atomic E-state index is 0.608. The fourth-order valence-electron chi connectivity index (χ4n) is 8.94. The van der Waals surface area contributed by atoms with Crippen molar-refractivity contribution in [2.75, 3.05) is 0 Å². The molecular formula is C47H30N6. The van der Waals surface area contributed by atoms with E-state index in [1.54, 1.807) is 0 Å². The van der Waals surface area contributed by atoms with Gasteiger partial charge < -0.3 is 4.57 Å². The quantitative estimate of drug-likeness (QED) is 0.183. The first-order chi connectivity index (χ1) is 26.3. The lowest BCUT2D eigenvalue weighted by molar-refractivity contribution is 0.892. The van der Waals surface area contributed by atoms with E-state index >= 15 is 0 Å². The Hall–Kier alpha value is -7.05. The molecule has 0 radical (unpaired) electrons. The second-order valence-electron chi connectivity index (χ2n) is 14.0. The first-order valence-electron chi connectivity index (χ1n) is 18.2. The molecule has 12 rings (SSSR count). The van der Waals surface area contributed by atoms with Crippen molar-refractivity contribution in [3.63, 3.8) is 0 Å². The smallest absolute Gasteiger partial charge is 0.240 e. The average molecular weight is 679 g/mol. The highest BCUT2D eigenvalue weighted by Gasteiger charge is 2.24. The Morgan fingerprint density at radius 3 is 1.28 bits per heavy atom. The van der Waals surface area contributed by atoms with E-state index in [2.05, 4.69) is 171 Å². The van der Waals surface area contributed by atoms with Gasteiger partial charge in [0.1, 0.15) is 0 Å². The van der Waals surface area contributed by atoms with Crippen molar-refractivity contribution in [2.45, 2.75) is 12.8 Å². The standard InChI is InChI=1S/C47H30N6/c1-5-22-39-33(16-1)34-17-2-6-23-40(34)51(39)32-15-9-14-31(28-32)45-48-46-50-47(49-45)53-42-25-8-4-19-36(42)38-21-11-13-30(44(38)53)27-26-29-12-10-20-37-35-18-3-7-24-41(35)52(46)43(29)37/h1-25,28H,26-27H2. The van der Waals surface area contributed by atoms with Crippen molar-refractivity contribution in [2.24, 2.45) is 0 Å². The molecule has 248 valence electrons. The summed E-state index contributed by atoms with van der Waals surface area (Å²) in [5, 5.41) is 7.25. The van der Waals surface area contributed by atoms with Crippen molar-refractivity contribution in [1.29, 1.82) is 0 Å². The lowest BCUT2D eigenvalue weighted by Crippen LogP contribution is -2.10. The normalized spacial score (nSPS) is 12.8. The van der Waals surface area contributed by atoms with E-state index in [4.69, 9.17) is 15.0 Å². The maximum atomic E-state index is 5.41. The average Bonchev–Trinajstić information content (AvgIpc) is 3.86. The van der Waals surface area contributed by atoms with Crippen LogP contribution in [0.15, 0.2) is 158 Å². The topological polar surface area (TPSA) is 53.5 Å². The Balaban J connectivity index is 1.20. The van der Waals surface area contributed by atoms with Gasteiger partial charge in [0.05, 0.1) is 33.1 Å². The third-order valence-electron chi connectivity index (χ3n) is 11.2. The van der Waals surface area contributed by atoms with Crippen LogP contribution in [-0.4, -0.2) is 28.7 Å². The van der Waals surface area contributed by atoms with Crippen LogP contribution in [0, 0.1) is 0 Å². The molecule has 0 atom stereocenters. The van der Waals surface area contributed by atoms with Crippen LogP contribution in [0.5, 0.6) is 0 Å². The molecule has 0 saturated carbocycles. The van der Waals surface area contributed by atoms with Gasteiger partial charge in [-0.2, -0.15) is 15.0 Å². The third kappa shape index (κ3) is 4.00. The van der Waals surface area contributed by atoms with Crippen molar-refractivity contribution in [3.05, 3.63) is 169 Å². The van der Waals surface area contributed by atoms with Crippen LogP contribution >= 0.6 is 0 Å². The Labute approximate surface area is 303 Å². The van der Waals surface area contributed by atoms with Gasteiger partial charge in [0.2, 0.25) is 11.9 Å². The monoisotopic (exact) mass is 678 g/mol. The van der Waals surface area contributed by atoms with Gasteiger partial charge in [0, 0.05) is 43.6 Å². The highest BCUT2D eigenvalue weighted by molar-refractivity contribution is 6.12. The van der Waals surface area contributed by atoms with Crippen LogP contribution in [-0.2, 0) is 12.8 Å². The van der Waals surface area contributed by atoms with Gasteiger partial charge in [0.25, 0.3) is 0 Å². The summed E-state index contributed by atoms with van der Waals surface area (Å²) in [6.45, 7) is 0. The summed E-state index contributed by atoms with van der Waals surface area (Å²) in [7, 11) is 0. The van der Waals surface area contributed by atoms with Crippen LogP contribution in [0.25, 0.3) is 94.4 Å². The van der Waals surface area contributed by atoms with Crippen molar-refractivity contribution >= 4 is 65.4 Å². The maximum absolute atomic E-state index is 5.41. The van der Waals surface area contributed by atoms with Crippen LogP contribution in [0.3, 0.4) is 0 Å². The van der Waals surface area contributed by atoms with Crippen LogP contribution in [0.2, 0.25) is 0 Å². The van der Waals surface area contributed by atoms with E-state index < -0.39 is 0 Å². The summed E-state index contributed by atoms with van der Waals surface area (Å²) >= 11 is 0. The highest BCUT2D eigenvalue weighted by atomic mass is 15.3. The number of rotatable bonds is 2. The molecule has 6 heteroatoms. The number of fused-ring (bicyclic) bond motifs is 13. The van der Waals surface area contributed by atoms with Gasteiger partial charge in [0.15, 0.2) is 5.82 Å². The van der Waals surface area contributed by atoms with Gasteiger partial charge in [-0.1, -0.05) is 121 Å². The van der Waals surface area contributed by atoms with Crippen LogP contribution in [0.1, 0.15) is 11.1 Å². The van der Waals surface area contributed by atoms with Gasteiger partial charge in [-0.25, -0.2) is 0 Å². The summed E-state index contributed by atoms with van der Waals surface area (Å²) in [5.74, 6) is 1.84. The van der Waals surface area contributed by atoms with Crippen LogP contribution in [0.4, 0.5) is 0 Å². The minimum atomic E-state index is 0.608. The lowest BCUT2D eigenvalue weighted by Gasteiger charge is -2.14. The molecule has 0 aliphatic carbocycles. The zero-order valence-corrected chi connectivity index (χ0v) is 28.6. The molecule has 5 heterocycles. The van der Waals surface area contributed by atoms with E-state index in [0.717, 1.165) is 57.2 Å². The Kier molecular flexibility index (Phi) is 5.80. The number of aryl methyl sites for hydroxylation is 2. The van der Waals surface area contributed by atoms with Crippen molar-refractivity contribution < 1.29 is 0 Å². The molecule has 53 heavy (non-hydrogen) atoms. The van der Waals surface area contributed by atoms with Gasteiger partial charge in [-0.3, -0.25) is 9.13 Å². The van der Waals surface area contributed by atoms with Gasteiger partial charge in [-0.05, 0) is 60.4 Å². The molecule has 0 unspecified atom stereocenters. The molecule has 7 aromatic carbocycles. The van der Waals surface area contributed by atoms with Crippen molar-refractivity contribution in [3.8, 4) is 29.0 Å². The summed E-state index contributed by atoms with van der Waals surface area (Å²) in [6, 6.07) is 56.5. The molecule has 0 amide bonds. The number of benzene rings is 7. The van der Waals surface area contributed by atoms with E-state index in [1.165, 1.54) is 43.4 Å². The largest absolute Gasteiger partial charge is 0.309 e. The molecule has 11 aromatic rings. The second-order valence-corrected chi connectivity index (χ2v) is 14.0. The van der Waals surface area contributed by atoms with E-state index in [0.29, 0.717) is 17.7 Å². The fraction of sp³-hybridized carbons (Fsp3) is 0.0426. The number of nitrogens with zero attached hydrogens (tertiary/aromatic N) is 6. The number of para-hydroxylation sites is 6. The molecule has 1 aliphatic rings. The SMILES string of the molecule is c1cc(-c2nc3nc(n2)-n2c4ccccc4c4cccc(c42)CCc2cccc4c5ccccc5n-3c24)cc(-n2c3ccccc3c3ccccc32)c1. The van der Waals surface area contributed by atoms with E-state index in [-0.39, 0.29) is 0 Å². The zero-order chi connectivity index (χ0) is 34.6.